The van der Waals surface area contributed by atoms with Gasteiger partial charge < -0.3 is 4.74 Å². The van der Waals surface area contributed by atoms with Crippen molar-refractivity contribution in [2.75, 3.05) is 0 Å². The number of ether oxygens (including phenoxy) is 1. The third kappa shape index (κ3) is 3.83. The Hall–Kier alpha value is -2.90. The van der Waals surface area contributed by atoms with Gasteiger partial charge in [-0.15, -0.1) is 0 Å². The van der Waals surface area contributed by atoms with Crippen molar-refractivity contribution in [1.82, 2.24) is 4.90 Å². The predicted molar refractivity (Wildman–Crippen MR) is 114 cm³/mol. The molecule has 8 heteroatoms. The zero-order valence-corrected chi connectivity index (χ0v) is 16.9. The third-order valence-corrected chi connectivity index (χ3v) is 5.63. The fraction of sp³-hybridized carbons (Fsp3) is 0.0952. The number of carbonyl (C=O) groups is 1. The van der Waals surface area contributed by atoms with E-state index >= 15 is 0 Å². The molecular formula is C21H15ClFN3O2S. The van der Waals surface area contributed by atoms with Gasteiger partial charge in [0.05, 0.1) is 10.6 Å². The summed E-state index contributed by atoms with van der Waals surface area (Å²) in [6, 6.07) is 11.4. The number of rotatable bonds is 4. The monoisotopic (exact) mass is 427 g/mol. The SMILES string of the molecule is CC1=CSC2=NC(=O)C(=Cc3ccc(OCc4ccccc4F)c(Cl)c3)C(=N)N12. The number of hydrogen-bond donors (Lipinski definition) is 1. The maximum Gasteiger partial charge on any atom is 0.283 e. The number of nitrogens with zero attached hydrogens (tertiary/aromatic N) is 2. The van der Waals surface area contributed by atoms with Crippen LogP contribution >= 0.6 is 23.4 Å². The second kappa shape index (κ2) is 7.85. The highest BCUT2D eigenvalue weighted by Crippen LogP contribution is 2.33. The van der Waals surface area contributed by atoms with Crippen LogP contribution in [-0.4, -0.2) is 21.8 Å². The van der Waals surface area contributed by atoms with E-state index < -0.39 is 5.91 Å². The Labute approximate surface area is 176 Å². The Morgan fingerprint density at radius 1 is 1.31 bits per heavy atom. The van der Waals surface area contributed by atoms with E-state index in [9.17, 15) is 9.18 Å². The van der Waals surface area contributed by atoms with E-state index in [2.05, 4.69) is 4.99 Å². The maximum absolute atomic E-state index is 13.7. The van der Waals surface area contributed by atoms with E-state index in [1.54, 1.807) is 47.4 Å². The van der Waals surface area contributed by atoms with Crippen LogP contribution in [0.1, 0.15) is 18.1 Å². The van der Waals surface area contributed by atoms with Crippen LogP contribution in [0.4, 0.5) is 4.39 Å². The summed E-state index contributed by atoms with van der Waals surface area (Å²) in [4.78, 5) is 18.0. The molecule has 4 rings (SSSR count). The molecule has 0 atom stereocenters. The van der Waals surface area contributed by atoms with Crippen LogP contribution < -0.4 is 4.74 Å². The average molecular weight is 428 g/mol. The molecule has 146 valence electrons. The minimum absolute atomic E-state index is 0.0473. The molecule has 2 heterocycles. The third-order valence-electron chi connectivity index (χ3n) is 4.39. The molecule has 0 unspecified atom stereocenters. The number of thioether (sulfide) groups is 1. The molecule has 0 saturated heterocycles. The summed E-state index contributed by atoms with van der Waals surface area (Å²) < 4.78 is 19.3. The number of nitrogens with one attached hydrogen (secondary N) is 1. The van der Waals surface area contributed by atoms with Gasteiger partial charge in [0.1, 0.15) is 24.0 Å². The maximum atomic E-state index is 13.7. The molecule has 1 amide bonds. The van der Waals surface area contributed by atoms with Crippen LogP contribution in [0, 0.1) is 11.2 Å². The van der Waals surface area contributed by atoms with Crippen molar-refractivity contribution in [2.24, 2.45) is 4.99 Å². The molecule has 0 spiro atoms. The van der Waals surface area contributed by atoms with Crippen molar-refractivity contribution in [3.8, 4) is 5.75 Å². The molecule has 2 aliphatic heterocycles. The molecule has 0 radical (unpaired) electrons. The fourth-order valence-electron chi connectivity index (χ4n) is 2.90. The fourth-order valence-corrected chi connectivity index (χ4v) is 4.00. The molecule has 1 N–H and O–H groups in total. The largest absolute Gasteiger partial charge is 0.487 e. The lowest BCUT2D eigenvalue weighted by molar-refractivity contribution is -0.114. The molecule has 0 saturated carbocycles. The number of carbonyl (C=O) groups excluding carboxylic acids is 1. The van der Waals surface area contributed by atoms with Crippen LogP contribution in [0.5, 0.6) is 5.75 Å². The first-order chi connectivity index (χ1) is 13.9. The Kier molecular flexibility index (Phi) is 5.25. The lowest BCUT2D eigenvalue weighted by Gasteiger charge is -2.25. The Morgan fingerprint density at radius 2 is 2.10 bits per heavy atom. The number of benzene rings is 2. The van der Waals surface area contributed by atoms with E-state index in [0.717, 1.165) is 5.70 Å². The van der Waals surface area contributed by atoms with Gasteiger partial charge in [-0.1, -0.05) is 47.6 Å². The van der Waals surface area contributed by atoms with Crippen LogP contribution in [0.15, 0.2) is 64.1 Å². The molecular weight excluding hydrogens is 413 g/mol. The van der Waals surface area contributed by atoms with Crippen molar-refractivity contribution in [1.29, 1.82) is 5.41 Å². The van der Waals surface area contributed by atoms with Crippen molar-refractivity contribution in [3.05, 3.63) is 81.1 Å². The predicted octanol–water partition coefficient (Wildman–Crippen LogP) is 5.23. The number of fused-ring (bicyclic) bond motifs is 1. The average Bonchev–Trinajstić information content (AvgIpc) is 3.06. The summed E-state index contributed by atoms with van der Waals surface area (Å²) in [6.07, 6.45) is 1.58. The minimum atomic E-state index is -0.465. The summed E-state index contributed by atoms with van der Waals surface area (Å²) in [6.45, 7) is 1.90. The summed E-state index contributed by atoms with van der Waals surface area (Å²) in [5, 5.41) is 11.0. The van der Waals surface area contributed by atoms with Crippen molar-refractivity contribution >= 4 is 46.3 Å². The van der Waals surface area contributed by atoms with Crippen molar-refractivity contribution in [3.63, 3.8) is 0 Å². The molecule has 29 heavy (non-hydrogen) atoms. The van der Waals surface area contributed by atoms with Crippen molar-refractivity contribution in [2.45, 2.75) is 13.5 Å². The number of allylic oxidation sites excluding steroid dienone is 1. The topological polar surface area (TPSA) is 65.8 Å². The molecule has 5 nitrogen and oxygen atoms in total. The van der Waals surface area contributed by atoms with Gasteiger partial charge in [0.15, 0.2) is 5.17 Å². The minimum Gasteiger partial charge on any atom is -0.487 e. The van der Waals surface area contributed by atoms with Gasteiger partial charge in [0.2, 0.25) is 0 Å². The number of hydrogen-bond acceptors (Lipinski definition) is 4. The van der Waals surface area contributed by atoms with Gasteiger partial charge in [-0.2, -0.15) is 4.99 Å². The summed E-state index contributed by atoms with van der Waals surface area (Å²) >= 11 is 7.62. The van der Waals surface area contributed by atoms with Gasteiger partial charge >= 0.3 is 0 Å². The molecule has 2 aliphatic rings. The number of aliphatic imine (C=N–C) groups is 1. The quantitative estimate of drug-likeness (QED) is 0.679. The smallest absolute Gasteiger partial charge is 0.283 e. The van der Waals surface area contributed by atoms with E-state index in [4.69, 9.17) is 21.7 Å². The van der Waals surface area contributed by atoms with E-state index in [1.807, 2.05) is 12.3 Å². The second-order valence-corrected chi connectivity index (χ2v) is 7.63. The molecule has 0 fully saturated rings. The number of amides is 1. The highest BCUT2D eigenvalue weighted by molar-refractivity contribution is 8.16. The Bertz CT molecular complexity index is 1130. The van der Waals surface area contributed by atoms with E-state index in [0.29, 0.717) is 27.1 Å². The summed E-state index contributed by atoms with van der Waals surface area (Å²) in [5.74, 6) is -0.330. The highest BCUT2D eigenvalue weighted by Gasteiger charge is 2.33. The van der Waals surface area contributed by atoms with Gasteiger partial charge in [-0.3, -0.25) is 15.1 Å². The van der Waals surface area contributed by atoms with Gasteiger partial charge in [-0.25, -0.2) is 4.39 Å². The Balaban J connectivity index is 1.55. The first-order valence-corrected chi connectivity index (χ1v) is 9.93. The molecule has 0 bridgehead atoms. The molecule has 0 aliphatic carbocycles. The number of halogens is 2. The lowest BCUT2D eigenvalue weighted by Crippen LogP contribution is -2.37. The van der Waals surface area contributed by atoms with Crippen LogP contribution in [0.2, 0.25) is 5.02 Å². The van der Waals surface area contributed by atoms with Gasteiger partial charge in [0.25, 0.3) is 5.91 Å². The number of amidine groups is 2. The van der Waals surface area contributed by atoms with Crippen LogP contribution in [0.3, 0.4) is 0 Å². The van der Waals surface area contributed by atoms with E-state index in [1.165, 1.54) is 17.8 Å². The zero-order valence-electron chi connectivity index (χ0n) is 15.3. The summed E-state index contributed by atoms with van der Waals surface area (Å²) in [5.41, 5.74) is 2.08. The van der Waals surface area contributed by atoms with Gasteiger partial charge in [-0.05, 0) is 42.2 Å². The van der Waals surface area contributed by atoms with E-state index in [-0.39, 0.29) is 23.8 Å². The molecule has 2 aromatic rings. The molecule has 0 aromatic heterocycles. The van der Waals surface area contributed by atoms with Crippen LogP contribution in [-0.2, 0) is 11.4 Å². The Morgan fingerprint density at radius 3 is 2.86 bits per heavy atom. The standard InChI is InChI=1S/C21H15ClFN3O2S/c1-12-11-29-21-25-20(27)15(19(24)26(12)21)8-13-6-7-18(16(22)9-13)28-10-14-4-2-3-5-17(14)23/h2-9,11,24H,10H2,1H3. The first kappa shape index (κ1) is 19.4. The second-order valence-electron chi connectivity index (χ2n) is 6.39. The van der Waals surface area contributed by atoms with Crippen molar-refractivity contribution < 1.29 is 13.9 Å². The summed E-state index contributed by atoms with van der Waals surface area (Å²) in [7, 11) is 0. The zero-order chi connectivity index (χ0) is 20.5. The lowest BCUT2D eigenvalue weighted by atomic mass is 10.1. The van der Waals surface area contributed by atoms with Crippen LogP contribution in [0.25, 0.3) is 6.08 Å². The molecule has 2 aromatic carbocycles. The highest BCUT2D eigenvalue weighted by atomic mass is 35.5. The first-order valence-electron chi connectivity index (χ1n) is 8.67. The normalized spacial score (nSPS) is 17.3. The van der Waals surface area contributed by atoms with Gasteiger partial charge in [0, 0.05) is 11.3 Å².